The third-order valence-corrected chi connectivity index (χ3v) is 7.64. The number of methoxy groups -OCH3 is 1. The Morgan fingerprint density at radius 2 is 1.85 bits per heavy atom. The van der Waals surface area contributed by atoms with Crippen LogP contribution in [0, 0.1) is 0 Å². The van der Waals surface area contributed by atoms with Crippen LogP contribution in [0.15, 0.2) is 60.7 Å². The number of amides is 1. The maximum atomic E-state index is 12.6. The van der Waals surface area contributed by atoms with Gasteiger partial charge in [-0.3, -0.25) is 4.79 Å². The van der Waals surface area contributed by atoms with E-state index in [1.165, 1.54) is 7.11 Å². The molecule has 0 aromatic heterocycles. The first-order valence-electron chi connectivity index (χ1n) is 12.0. The first kappa shape index (κ1) is 24.5. The van der Waals surface area contributed by atoms with Crippen LogP contribution in [0.25, 0.3) is 0 Å². The third kappa shape index (κ3) is 5.21. The maximum Gasteiger partial charge on any atom is 0.337 e. The van der Waals surface area contributed by atoms with Gasteiger partial charge >= 0.3 is 5.97 Å². The molecule has 0 spiro atoms. The minimum atomic E-state index is -0.611. The van der Waals surface area contributed by atoms with Gasteiger partial charge in [-0.15, -0.1) is 0 Å². The molecule has 1 heterocycles. The number of likely N-dealkylation sites (tertiary alicyclic amines) is 1. The average molecular weight is 482 g/mol. The molecule has 180 valence electrons. The highest BCUT2D eigenvalue weighted by atomic mass is 35.5. The third-order valence-electron chi connectivity index (χ3n) is 7.39. The van der Waals surface area contributed by atoms with E-state index in [0.717, 1.165) is 43.2 Å². The fourth-order valence-electron chi connectivity index (χ4n) is 5.38. The van der Waals surface area contributed by atoms with Crippen molar-refractivity contribution < 1.29 is 19.4 Å². The molecule has 1 unspecified atom stereocenters. The number of rotatable bonds is 8. The Labute approximate surface area is 206 Å². The number of aliphatic hydroxyl groups is 1. The Hall–Kier alpha value is -2.63. The van der Waals surface area contributed by atoms with E-state index in [-0.39, 0.29) is 23.3 Å². The predicted octanol–water partition coefficient (Wildman–Crippen LogP) is 5.09. The molecule has 4 rings (SSSR count). The van der Waals surface area contributed by atoms with Crippen LogP contribution in [0.4, 0.5) is 0 Å². The molecule has 1 saturated heterocycles. The average Bonchev–Trinajstić information content (AvgIpc) is 3.49. The van der Waals surface area contributed by atoms with Crippen molar-refractivity contribution in [2.75, 3.05) is 13.7 Å². The molecule has 2 aromatic rings. The molecule has 0 radical (unpaired) electrons. The van der Waals surface area contributed by atoms with Crippen molar-refractivity contribution in [3.05, 3.63) is 82.4 Å². The lowest BCUT2D eigenvalue weighted by atomic mass is 9.74. The molecule has 2 fully saturated rings. The zero-order chi connectivity index (χ0) is 24.1. The highest BCUT2D eigenvalue weighted by Gasteiger charge is 2.41. The van der Waals surface area contributed by atoms with Crippen molar-refractivity contribution in [2.45, 2.75) is 62.5 Å². The lowest BCUT2D eigenvalue weighted by Gasteiger charge is -2.34. The number of nitrogens with zero attached hydrogens (tertiary/aromatic N) is 1. The van der Waals surface area contributed by atoms with Gasteiger partial charge in [0.1, 0.15) is 0 Å². The highest BCUT2D eigenvalue weighted by molar-refractivity contribution is 6.30. The molecule has 1 saturated carbocycles. The van der Waals surface area contributed by atoms with E-state index in [4.69, 9.17) is 16.3 Å². The van der Waals surface area contributed by atoms with Crippen LogP contribution in [-0.4, -0.2) is 47.7 Å². The number of carbonyl (C=O) groups excluding carboxylic acids is 2. The van der Waals surface area contributed by atoms with E-state index in [0.29, 0.717) is 30.0 Å². The predicted molar refractivity (Wildman–Crippen MR) is 133 cm³/mol. The van der Waals surface area contributed by atoms with Crippen LogP contribution in [0.5, 0.6) is 0 Å². The first-order chi connectivity index (χ1) is 16.4. The second-order valence-corrected chi connectivity index (χ2v) is 9.77. The fourth-order valence-corrected chi connectivity index (χ4v) is 5.51. The summed E-state index contributed by atoms with van der Waals surface area (Å²) in [6.07, 6.45) is 9.37. The van der Waals surface area contributed by atoms with Crippen LogP contribution < -0.4 is 0 Å². The number of esters is 1. The number of aliphatic hydroxyl groups excluding tert-OH is 1. The number of benzene rings is 2. The molecule has 2 aliphatic rings. The van der Waals surface area contributed by atoms with Crippen LogP contribution in [-0.2, 0) is 21.4 Å². The van der Waals surface area contributed by atoms with Crippen molar-refractivity contribution in [2.24, 2.45) is 0 Å². The van der Waals surface area contributed by atoms with Gasteiger partial charge in [-0.25, -0.2) is 4.79 Å². The molecular formula is C28H32ClNO4. The monoisotopic (exact) mass is 481 g/mol. The highest BCUT2D eigenvalue weighted by Crippen LogP contribution is 2.44. The summed E-state index contributed by atoms with van der Waals surface area (Å²) in [5.74, 6) is -0.215. The van der Waals surface area contributed by atoms with Crippen LogP contribution in [0.2, 0.25) is 5.02 Å². The second-order valence-electron chi connectivity index (χ2n) is 9.33. The second kappa shape index (κ2) is 10.7. The largest absolute Gasteiger partial charge is 0.465 e. The molecule has 1 aliphatic heterocycles. The molecule has 2 aromatic carbocycles. The summed E-state index contributed by atoms with van der Waals surface area (Å²) in [6.45, 7) is 0.601. The Morgan fingerprint density at radius 1 is 1.18 bits per heavy atom. The van der Waals surface area contributed by atoms with Crippen molar-refractivity contribution >= 4 is 23.5 Å². The summed E-state index contributed by atoms with van der Waals surface area (Å²) in [5.41, 5.74) is 2.40. The van der Waals surface area contributed by atoms with E-state index < -0.39 is 6.10 Å². The quantitative estimate of drug-likeness (QED) is 0.421. The van der Waals surface area contributed by atoms with Gasteiger partial charge in [-0.1, -0.05) is 60.9 Å². The number of halogens is 1. The van der Waals surface area contributed by atoms with Crippen LogP contribution >= 0.6 is 11.6 Å². The lowest BCUT2D eigenvalue weighted by molar-refractivity contribution is -0.128. The van der Waals surface area contributed by atoms with Crippen molar-refractivity contribution in [1.82, 2.24) is 4.90 Å². The summed E-state index contributed by atoms with van der Waals surface area (Å²) >= 11 is 6.09. The molecule has 2 atom stereocenters. The van der Waals surface area contributed by atoms with E-state index in [1.54, 1.807) is 12.1 Å². The summed E-state index contributed by atoms with van der Waals surface area (Å²) in [7, 11) is 1.36. The van der Waals surface area contributed by atoms with Gasteiger partial charge < -0.3 is 14.7 Å². The van der Waals surface area contributed by atoms with E-state index >= 15 is 0 Å². The number of hydrogen-bond donors (Lipinski definition) is 1. The number of carbonyl (C=O) groups is 2. The lowest BCUT2D eigenvalue weighted by Crippen LogP contribution is -2.37. The van der Waals surface area contributed by atoms with Gasteiger partial charge in [0.25, 0.3) is 0 Å². The van der Waals surface area contributed by atoms with Gasteiger partial charge in [0.2, 0.25) is 5.91 Å². The molecule has 34 heavy (non-hydrogen) atoms. The Kier molecular flexibility index (Phi) is 7.74. The van der Waals surface area contributed by atoms with Crippen molar-refractivity contribution in [1.29, 1.82) is 0 Å². The van der Waals surface area contributed by atoms with Gasteiger partial charge in [-0.05, 0) is 61.1 Å². The molecule has 6 heteroatoms. The topological polar surface area (TPSA) is 66.8 Å². The molecule has 1 aliphatic carbocycles. The van der Waals surface area contributed by atoms with Crippen LogP contribution in [0.1, 0.15) is 60.0 Å². The Bertz CT molecular complexity index is 1030. The van der Waals surface area contributed by atoms with E-state index in [2.05, 4.69) is 0 Å². The SMILES string of the molecule is COC(=O)c1ccc(CCN2C(=O)CC[C@@H]2C=CC(O)C2(c3ccc(Cl)cc3)CCCC2)cc1. The van der Waals surface area contributed by atoms with E-state index in [9.17, 15) is 14.7 Å². The summed E-state index contributed by atoms with van der Waals surface area (Å²) < 4.78 is 4.74. The van der Waals surface area contributed by atoms with Gasteiger partial charge in [0, 0.05) is 23.4 Å². The standard InChI is InChI=1S/C28H32ClNO4/c1-34-27(33)21-6-4-20(5-7-21)16-19-30-24(13-15-26(30)32)12-14-25(31)28(17-2-3-18-28)22-8-10-23(29)11-9-22/h4-12,14,24-25,31H,2-3,13,15-19H2,1H3/t24-,25?/m0/s1. The fraction of sp³-hybridized carbons (Fsp3) is 0.429. The van der Waals surface area contributed by atoms with Gasteiger partial charge in [0.05, 0.1) is 24.8 Å². The molecular weight excluding hydrogens is 450 g/mol. The van der Waals surface area contributed by atoms with Gasteiger partial charge in [0.15, 0.2) is 0 Å². The Morgan fingerprint density at radius 3 is 2.50 bits per heavy atom. The van der Waals surface area contributed by atoms with Crippen LogP contribution in [0.3, 0.4) is 0 Å². The molecule has 1 N–H and O–H groups in total. The smallest absolute Gasteiger partial charge is 0.337 e. The normalized spacial score (nSPS) is 20.7. The molecule has 1 amide bonds. The summed E-state index contributed by atoms with van der Waals surface area (Å²) in [6, 6.07) is 15.1. The van der Waals surface area contributed by atoms with E-state index in [1.807, 2.05) is 53.5 Å². The molecule has 0 bridgehead atoms. The number of hydrogen-bond acceptors (Lipinski definition) is 4. The van der Waals surface area contributed by atoms with Crippen molar-refractivity contribution in [3.8, 4) is 0 Å². The minimum absolute atomic E-state index is 0.0137. The number of ether oxygens (including phenoxy) is 1. The zero-order valence-corrected chi connectivity index (χ0v) is 20.3. The summed E-state index contributed by atoms with van der Waals surface area (Å²) in [4.78, 5) is 26.1. The Balaban J connectivity index is 1.42. The maximum absolute atomic E-state index is 12.6. The molecule has 5 nitrogen and oxygen atoms in total. The van der Waals surface area contributed by atoms with Crippen molar-refractivity contribution in [3.63, 3.8) is 0 Å². The van der Waals surface area contributed by atoms with Gasteiger partial charge in [-0.2, -0.15) is 0 Å². The first-order valence-corrected chi connectivity index (χ1v) is 12.4. The zero-order valence-electron chi connectivity index (χ0n) is 19.6. The minimum Gasteiger partial charge on any atom is -0.465 e. The summed E-state index contributed by atoms with van der Waals surface area (Å²) in [5, 5.41) is 12.0.